The van der Waals surface area contributed by atoms with E-state index in [9.17, 15) is 9.18 Å². The van der Waals surface area contributed by atoms with Crippen molar-refractivity contribution in [1.82, 2.24) is 5.01 Å². The minimum absolute atomic E-state index is 0.0132. The van der Waals surface area contributed by atoms with Crippen molar-refractivity contribution in [2.24, 2.45) is 52.0 Å². The van der Waals surface area contributed by atoms with Crippen LogP contribution in [0.3, 0.4) is 0 Å². The molecule has 244 valence electrons. The fourth-order valence-electron chi connectivity index (χ4n) is 7.08. The van der Waals surface area contributed by atoms with Crippen LogP contribution in [-0.2, 0) is 9.53 Å². The second-order valence-electron chi connectivity index (χ2n) is 14.6. The fourth-order valence-corrected chi connectivity index (χ4v) is 7.08. The van der Waals surface area contributed by atoms with Crippen molar-refractivity contribution in [3.05, 3.63) is 35.4 Å². The molecular weight excluding hydrogens is 525 g/mol. The molecule has 5 nitrogen and oxygen atoms in total. The highest BCUT2D eigenvalue weighted by molar-refractivity contribution is 5.82. The van der Waals surface area contributed by atoms with Crippen LogP contribution in [0.5, 0.6) is 0 Å². The van der Waals surface area contributed by atoms with Crippen LogP contribution in [0.1, 0.15) is 127 Å². The number of ether oxygens (including phenoxy) is 1. The summed E-state index contributed by atoms with van der Waals surface area (Å²) in [6, 6.07) is 0. The van der Waals surface area contributed by atoms with Crippen molar-refractivity contribution in [3.63, 3.8) is 0 Å². The lowest BCUT2D eigenvalue weighted by molar-refractivity contribution is -0.123. The molecule has 42 heavy (non-hydrogen) atoms. The second kappa shape index (κ2) is 18.2. The number of ketones is 1. The van der Waals surface area contributed by atoms with Gasteiger partial charge in [-0.05, 0) is 99.0 Å². The summed E-state index contributed by atoms with van der Waals surface area (Å²) in [5.41, 5.74) is 6.84. The number of carbonyl (C=O) groups excluding carboxylic acids is 1. The van der Waals surface area contributed by atoms with E-state index in [4.69, 9.17) is 16.3 Å². The second-order valence-corrected chi connectivity index (χ2v) is 14.6. The number of allylic oxidation sites excluding steroid dienone is 4. The number of Topliss-reactive ketones (excluding diaryl/α,β-unsaturated/α-hetero) is 1. The number of nitrogens with two attached hydrogens (primary N) is 2. The largest absolute Gasteiger partial charge is 0.397 e. The van der Waals surface area contributed by atoms with E-state index < -0.39 is 5.83 Å². The van der Waals surface area contributed by atoms with Gasteiger partial charge in [0.1, 0.15) is 11.5 Å². The molecular formula is C36H66FN3O2. The van der Waals surface area contributed by atoms with Crippen LogP contribution >= 0.6 is 0 Å². The van der Waals surface area contributed by atoms with Gasteiger partial charge < -0.3 is 10.5 Å². The zero-order valence-electron chi connectivity index (χ0n) is 28.9. The number of nitrogens with zero attached hydrogens (tertiary/aromatic N) is 1. The zero-order chi connectivity index (χ0) is 32.1. The molecule has 1 aliphatic carbocycles. The minimum atomic E-state index is -0.532. The molecule has 6 heteroatoms. The van der Waals surface area contributed by atoms with E-state index in [1.165, 1.54) is 51.0 Å². The third-order valence-corrected chi connectivity index (χ3v) is 10.3. The first kappa shape index (κ1) is 38.4. The van der Waals surface area contributed by atoms with Crippen LogP contribution in [0.15, 0.2) is 35.4 Å². The van der Waals surface area contributed by atoms with Crippen molar-refractivity contribution in [2.75, 3.05) is 20.3 Å². The van der Waals surface area contributed by atoms with Crippen molar-refractivity contribution in [2.45, 2.75) is 127 Å². The smallest absolute Gasteiger partial charge is 0.156 e. The molecule has 0 aromatic heterocycles. The predicted octanol–water partition coefficient (Wildman–Crippen LogP) is 9.11. The van der Waals surface area contributed by atoms with Gasteiger partial charge in [-0.1, -0.05) is 80.2 Å². The molecule has 0 aromatic rings. The maximum Gasteiger partial charge on any atom is 0.156 e. The fraction of sp³-hybridized carbons (Fsp3) is 0.806. The zero-order valence-corrected chi connectivity index (χ0v) is 28.9. The first-order valence-corrected chi connectivity index (χ1v) is 16.6. The van der Waals surface area contributed by atoms with Gasteiger partial charge in [0.2, 0.25) is 0 Å². The molecule has 0 heterocycles. The molecule has 0 aromatic carbocycles. The molecule has 0 saturated heterocycles. The average Bonchev–Trinajstić information content (AvgIpc) is 2.91. The van der Waals surface area contributed by atoms with Crippen LogP contribution in [-0.4, -0.2) is 31.1 Å². The molecule has 5 unspecified atom stereocenters. The van der Waals surface area contributed by atoms with Crippen LogP contribution in [0.4, 0.5) is 4.39 Å². The van der Waals surface area contributed by atoms with E-state index in [1.807, 2.05) is 14.0 Å². The monoisotopic (exact) mass is 592 g/mol. The van der Waals surface area contributed by atoms with Crippen LogP contribution in [0.25, 0.3) is 0 Å². The normalized spacial score (nSPS) is 23.0. The molecule has 0 radical (unpaired) electrons. The first-order chi connectivity index (χ1) is 19.6. The Bertz CT molecular complexity index is 909. The Hall–Kier alpha value is -1.66. The lowest BCUT2D eigenvalue weighted by atomic mass is 9.60. The maximum atomic E-state index is 14.5. The van der Waals surface area contributed by atoms with Crippen LogP contribution < -0.4 is 11.6 Å². The van der Waals surface area contributed by atoms with Gasteiger partial charge in [-0.25, -0.2) is 10.2 Å². The number of hydrogen-bond donors (Lipinski definition) is 2. The number of carbonyl (C=O) groups is 1. The average molecular weight is 592 g/mol. The Morgan fingerprint density at radius 1 is 1.14 bits per heavy atom. The Labute approximate surface area is 258 Å². The summed E-state index contributed by atoms with van der Waals surface area (Å²) >= 11 is 0. The molecule has 1 aliphatic rings. The summed E-state index contributed by atoms with van der Waals surface area (Å²) in [6.45, 7) is 20.5. The molecule has 4 N–H and O–H groups in total. The van der Waals surface area contributed by atoms with Crippen LogP contribution in [0, 0.1) is 40.4 Å². The minimum Gasteiger partial charge on any atom is -0.397 e. The third kappa shape index (κ3) is 11.8. The summed E-state index contributed by atoms with van der Waals surface area (Å²) in [6.07, 6.45) is 16.5. The number of methoxy groups -OCH3 is 1. The molecule has 1 fully saturated rings. The number of rotatable bonds is 19. The van der Waals surface area contributed by atoms with Gasteiger partial charge in [0.15, 0.2) is 5.78 Å². The van der Waals surface area contributed by atoms with E-state index in [2.05, 4.69) is 41.5 Å². The van der Waals surface area contributed by atoms with E-state index in [0.29, 0.717) is 23.2 Å². The number of hydrazine groups is 1. The predicted molar refractivity (Wildman–Crippen MR) is 177 cm³/mol. The summed E-state index contributed by atoms with van der Waals surface area (Å²) in [7, 11) is 1.84. The Morgan fingerprint density at radius 2 is 1.81 bits per heavy atom. The lowest BCUT2D eigenvalue weighted by Crippen LogP contribution is -2.39. The van der Waals surface area contributed by atoms with Crippen molar-refractivity contribution < 1.29 is 13.9 Å². The van der Waals surface area contributed by atoms with E-state index in [1.54, 1.807) is 26.0 Å². The highest BCUT2D eigenvalue weighted by atomic mass is 19.1. The molecule has 1 rings (SSSR count). The van der Waals surface area contributed by atoms with Crippen molar-refractivity contribution in [1.29, 1.82) is 0 Å². The summed E-state index contributed by atoms with van der Waals surface area (Å²) in [4.78, 5) is 13.1. The Balaban J connectivity index is 2.82. The van der Waals surface area contributed by atoms with E-state index in [0.717, 1.165) is 36.8 Å². The van der Waals surface area contributed by atoms with Gasteiger partial charge in [-0.15, -0.1) is 0 Å². The van der Waals surface area contributed by atoms with Gasteiger partial charge in [0.25, 0.3) is 0 Å². The summed E-state index contributed by atoms with van der Waals surface area (Å²) in [5, 5.41) is 1.16. The summed E-state index contributed by atoms with van der Waals surface area (Å²) in [5.74, 6) is 8.21. The maximum absolute atomic E-state index is 14.5. The quantitative estimate of drug-likeness (QED) is 0.0889. The molecule has 1 saturated carbocycles. The first-order valence-electron chi connectivity index (χ1n) is 16.6. The van der Waals surface area contributed by atoms with Crippen molar-refractivity contribution >= 4 is 5.78 Å². The van der Waals surface area contributed by atoms with E-state index in [-0.39, 0.29) is 35.1 Å². The van der Waals surface area contributed by atoms with Gasteiger partial charge >= 0.3 is 0 Å². The molecule has 5 atom stereocenters. The Morgan fingerprint density at radius 3 is 2.38 bits per heavy atom. The van der Waals surface area contributed by atoms with Gasteiger partial charge in [0, 0.05) is 13.0 Å². The highest BCUT2D eigenvalue weighted by Crippen LogP contribution is 2.49. The molecule has 0 bridgehead atoms. The van der Waals surface area contributed by atoms with Gasteiger partial charge in [-0.3, -0.25) is 9.80 Å². The molecule has 0 amide bonds. The van der Waals surface area contributed by atoms with Crippen molar-refractivity contribution in [3.8, 4) is 0 Å². The molecule has 0 aliphatic heterocycles. The third-order valence-electron chi connectivity index (χ3n) is 10.3. The number of hydrogen-bond acceptors (Lipinski definition) is 5. The SMILES string of the molecule is C\C=C/C(N)=C(\C(F)=C/C)N(N)CC(=O)C(C)CCCC1C(CCC(C)C(C)(CCC(C)C)COC)CCCC1(C)C. The highest BCUT2D eigenvalue weighted by Gasteiger charge is 2.39. The number of halogens is 1. The Kier molecular flexibility index (Phi) is 16.6. The topological polar surface area (TPSA) is 81.6 Å². The standard InChI is InChI=1S/C36H66FN3O2/c1-11-15-32(38)34(31(37)12-2)40(39)24-33(41)27(5)16-13-18-30-29(17-14-22-35(30,7)8)20-19-28(6)36(9,25-42-10)23-21-26(3)4/h11-12,15,26-30H,13-14,16-25,38-39H2,1-10H3/b15-11-,31-12+,34-32-. The van der Waals surface area contributed by atoms with Crippen LogP contribution in [0.2, 0.25) is 0 Å². The van der Waals surface area contributed by atoms with Gasteiger partial charge in [0.05, 0.1) is 18.8 Å². The molecule has 0 spiro atoms. The summed E-state index contributed by atoms with van der Waals surface area (Å²) < 4.78 is 20.2. The van der Waals surface area contributed by atoms with Gasteiger partial charge in [-0.2, -0.15) is 0 Å². The van der Waals surface area contributed by atoms with E-state index >= 15 is 0 Å². The lowest BCUT2D eigenvalue weighted by Gasteiger charge is -2.45.